The fourth-order valence-electron chi connectivity index (χ4n) is 1.86. The minimum Gasteiger partial charge on any atom is -0.480 e. The molecule has 1 aliphatic rings. The van der Waals surface area contributed by atoms with E-state index in [1.807, 2.05) is 6.07 Å². The molecule has 1 fully saturated rings. The van der Waals surface area contributed by atoms with Gasteiger partial charge in [0.05, 0.1) is 0 Å². The standard InChI is InChI=1S/C11H15NO4/c12-10(11(13)14)9-2-1-8(16-9)7-3-5-15-6-4-7/h1-2,7,10H,3-6,12H2,(H,13,14). The average molecular weight is 225 g/mol. The second-order valence-electron chi connectivity index (χ2n) is 3.94. The van der Waals surface area contributed by atoms with Crippen molar-refractivity contribution < 1.29 is 19.1 Å². The van der Waals surface area contributed by atoms with Crippen LogP contribution in [0, 0.1) is 0 Å². The van der Waals surface area contributed by atoms with E-state index in [1.54, 1.807) is 6.07 Å². The van der Waals surface area contributed by atoms with Gasteiger partial charge in [0.2, 0.25) is 0 Å². The number of nitrogens with two attached hydrogens (primary N) is 1. The van der Waals surface area contributed by atoms with Gasteiger partial charge in [-0.1, -0.05) is 0 Å². The van der Waals surface area contributed by atoms with Gasteiger partial charge >= 0.3 is 5.97 Å². The number of ether oxygens (including phenoxy) is 1. The van der Waals surface area contributed by atoms with E-state index in [2.05, 4.69) is 0 Å². The van der Waals surface area contributed by atoms with E-state index in [0.29, 0.717) is 11.7 Å². The second kappa shape index (κ2) is 4.67. The topological polar surface area (TPSA) is 85.7 Å². The molecule has 0 saturated carbocycles. The van der Waals surface area contributed by atoms with E-state index in [9.17, 15) is 4.79 Å². The SMILES string of the molecule is NC(C(=O)O)c1ccc(C2CCOCC2)o1. The molecule has 1 unspecified atom stereocenters. The van der Waals surface area contributed by atoms with Crippen LogP contribution in [0.2, 0.25) is 0 Å². The number of carboxylic acid groups (broad SMARTS) is 1. The van der Waals surface area contributed by atoms with Gasteiger partial charge in [-0.2, -0.15) is 0 Å². The van der Waals surface area contributed by atoms with Gasteiger partial charge in [-0.05, 0) is 25.0 Å². The second-order valence-corrected chi connectivity index (χ2v) is 3.94. The highest BCUT2D eigenvalue weighted by molar-refractivity contribution is 5.74. The van der Waals surface area contributed by atoms with Crippen LogP contribution in [-0.2, 0) is 9.53 Å². The molecular formula is C11H15NO4. The number of carboxylic acids is 1. The Morgan fingerprint density at radius 3 is 2.75 bits per heavy atom. The zero-order valence-electron chi connectivity index (χ0n) is 8.89. The van der Waals surface area contributed by atoms with Gasteiger partial charge in [0.1, 0.15) is 11.5 Å². The number of rotatable bonds is 3. The number of aliphatic carboxylic acids is 1. The van der Waals surface area contributed by atoms with Crippen LogP contribution < -0.4 is 5.73 Å². The average Bonchev–Trinajstić information content (AvgIpc) is 2.78. The van der Waals surface area contributed by atoms with E-state index in [4.69, 9.17) is 20.0 Å². The van der Waals surface area contributed by atoms with Crippen molar-refractivity contribution in [2.24, 2.45) is 5.73 Å². The highest BCUT2D eigenvalue weighted by Gasteiger charge is 2.23. The molecule has 0 radical (unpaired) electrons. The minimum absolute atomic E-state index is 0.314. The Labute approximate surface area is 93.2 Å². The lowest BCUT2D eigenvalue weighted by Gasteiger charge is -2.19. The van der Waals surface area contributed by atoms with Gasteiger partial charge in [-0.3, -0.25) is 4.79 Å². The van der Waals surface area contributed by atoms with Crippen molar-refractivity contribution in [2.75, 3.05) is 13.2 Å². The van der Waals surface area contributed by atoms with Crippen molar-refractivity contribution in [2.45, 2.75) is 24.8 Å². The molecule has 0 aromatic carbocycles. The van der Waals surface area contributed by atoms with Crippen LogP contribution in [-0.4, -0.2) is 24.3 Å². The zero-order chi connectivity index (χ0) is 11.5. The summed E-state index contributed by atoms with van der Waals surface area (Å²) in [5.74, 6) is 0.375. The summed E-state index contributed by atoms with van der Waals surface area (Å²) >= 11 is 0. The van der Waals surface area contributed by atoms with Crippen LogP contribution in [0.1, 0.15) is 36.3 Å². The lowest BCUT2D eigenvalue weighted by molar-refractivity contribution is -0.139. The first-order chi connectivity index (χ1) is 7.68. The quantitative estimate of drug-likeness (QED) is 0.808. The molecule has 1 aliphatic heterocycles. The van der Waals surface area contributed by atoms with Crippen molar-refractivity contribution in [3.05, 3.63) is 23.7 Å². The van der Waals surface area contributed by atoms with Gasteiger partial charge in [0.15, 0.2) is 6.04 Å². The smallest absolute Gasteiger partial charge is 0.328 e. The summed E-state index contributed by atoms with van der Waals surface area (Å²) < 4.78 is 10.7. The van der Waals surface area contributed by atoms with Crippen LogP contribution >= 0.6 is 0 Å². The van der Waals surface area contributed by atoms with Crippen LogP contribution in [0.15, 0.2) is 16.5 Å². The molecule has 1 atom stereocenters. The summed E-state index contributed by atoms with van der Waals surface area (Å²) in [6, 6.07) is 2.38. The Bertz CT molecular complexity index is 368. The molecule has 0 bridgehead atoms. The molecule has 0 aliphatic carbocycles. The maximum absolute atomic E-state index is 10.7. The van der Waals surface area contributed by atoms with Gasteiger partial charge in [-0.25, -0.2) is 0 Å². The predicted molar refractivity (Wildman–Crippen MR) is 56.1 cm³/mol. The molecule has 3 N–H and O–H groups in total. The highest BCUT2D eigenvalue weighted by atomic mass is 16.5. The summed E-state index contributed by atoms with van der Waals surface area (Å²) in [6.45, 7) is 1.46. The third-order valence-electron chi connectivity index (χ3n) is 2.84. The summed E-state index contributed by atoms with van der Waals surface area (Å²) in [6.07, 6.45) is 1.82. The van der Waals surface area contributed by atoms with Crippen LogP contribution in [0.3, 0.4) is 0 Å². The molecule has 2 rings (SSSR count). The Kier molecular flexibility index (Phi) is 3.26. The number of hydrogen-bond donors (Lipinski definition) is 2. The normalized spacial score (nSPS) is 19.6. The highest BCUT2D eigenvalue weighted by Crippen LogP contribution is 2.29. The summed E-state index contributed by atoms with van der Waals surface area (Å²) in [5, 5.41) is 8.75. The molecule has 5 nitrogen and oxygen atoms in total. The monoisotopic (exact) mass is 225 g/mol. The molecule has 0 amide bonds. The lowest BCUT2D eigenvalue weighted by atomic mass is 9.98. The van der Waals surface area contributed by atoms with Gasteiger partial charge in [0, 0.05) is 19.1 Å². The predicted octanol–water partition coefficient (Wildman–Crippen LogP) is 1.26. The van der Waals surface area contributed by atoms with Crippen molar-refractivity contribution in [1.29, 1.82) is 0 Å². The molecule has 1 aromatic rings. The largest absolute Gasteiger partial charge is 0.480 e. The van der Waals surface area contributed by atoms with Crippen LogP contribution in [0.4, 0.5) is 0 Å². The van der Waals surface area contributed by atoms with Crippen molar-refractivity contribution in [3.63, 3.8) is 0 Å². The van der Waals surface area contributed by atoms with Crippen LogP contribution in [0.5, 0.6) is 0 Å². The third-order valence-corrected chi connectivity index (χ3v) is 2.84. The van der Waals surface area contributed by atoms with E-state index >= 15 is 0 Å². The van der Waals surface area contributed by atoms with Gasteiger partial charge in [0.25, 0.3) is 0 Å². The maximum atomic E-state index is 10.7. The number of furan rings is 1. The van der Waals surface area contributed by atoms with E-state index in [-0.39, 0.29) is 0 Å². The maximum Gasteiger partial charge on any atom is 0.328 e. The van der Waals surface area contributed by atoms with Gasteiger partial charge in [-0.15, -0.1) is 0 Å². The van der Waals surface area contributed by atoms with E-state index < -0.39 is 12.0 Å². The lowest BCUT2D eigenvalue weighted by Crippen LogP contribution is -2.20. The molecule has 1 aromatic heterocycles. The molecule has 16 heavy (non-hydrogen) atoms. The minimum atomic E-state index is -1.08. The first kappa shape index (κ1) is 11.2. The van der Waals surface area contributed by atoms with Crippen molar-refractivity contribution >= 4 is 5.97 Å². The van der Waals surface area contributed by atoms with Crippen molar-refractivity contribution in [1.82, 2.24) is 0 Å². The summed E-state index contributed by atoms with van der Waals surface area (Å²) in [7, 11) is 0. The molecule has 2 heterocycles. The first-order valence-corrected chi connectivity index (χ1v) is 5.34. The van der Waals surface area contributed by atoms with Crippen LogP contribution in [0.25, 0.3) is 0 Å². The zero-order valence-corrected chi connectivity index (χ0v) is 8.89. The van der Waals surface area contributed by atoms with Gasteiger partial charge < -0.3 is 20.0 Å². The van der Waals surface area contributed by atoms with Crippen molar-refractivity contribution in [3.8, 4) is 0 Å². The molecule has 88 valence electrons. The Balaban J connectivity index is 2.09. The fourth-order valence-corrected chi connectivity index (χ4v) is 1.86. The van der Waals surface area contributed by atoms with E-state index in [0.717, 1.165) is 31.8 Å². The molecular weight excluding hydrogens is 210 g/mol. The van der Waals surface area contributed by atoms with E-state index in [1.165, 1.54) is 0 Å². The number of hydrogen-bond acceptors (Lipinski definition) is 4. The Hall–Kier alpha value is -1.33. The summed E-state index contributed by atoms with van der Waals surface area (Å²) in [4.78, 5) is 10.7. The number of carbonyl (C=O) groups is 1. The Morgan fingerprint density at radius 2 is 2.12 bits per heavy atom. The fraction of sp³-hybridized carbons (Fsp3) is 0.545. The molecule has 5 heteroatoms. The molecule has 1 saturated heterocycles. The third kappa shape index (κ3) is 2.25. The molecule has 0 spiro atoms. The summed E-state index contributed by atoms with van der Waals surface area (Å²) in [5.41, 5.74) is 5.46. The first-order valence-electron chi connectivity index (χ1n) is 5.34. The Morgan fingerprint density at radius 1 is 1.44 bits per heavy atom.